The van der Waals surface area contributed by atoms with Gasteiger partial charge in [-0.25, -0.2) is 4.98 Å². The summed E-state index contributed by atoms with van der Waals surface area (Å²) in [5, 5.41) is 3.38. The highest BCUT2D eigenvalue weighted by molar-refractivity contribution is 7.98. The molecule has 3 heteroatoms. The van der Waals surface area contributed by atoms with Crippen molar-refractivity contribution in [1.82, 2.24) is 4.98 Å². The summed E-state index contributed by atoms with van der Waals surface area (Å²) in [6, 6.07) is 8.67. The van der Waals surface area contributed by atoms with Crippen molar-refractivity contribution < 1.29 is 0 Å². The second-order valence-electron chi connectivity index (χ2n) is 4.08. The monoisotopic (exact) mass is 247 g/mol. The van der Waals surface area contributed by atoms with Gasteiger partial charge in [0.05, 0.1) is 5.69 Å². The Morgan fingerprint density at radius 3 is 2.62 bits per heavy atom. The SMILES string of the molecule is CSc1ccc(-c2nc(C3CC3)cs2)cc1. The normalized spacial score (nSPS) is 15.3. The van der Waals surface area contributed by atoms with E-state index in [0.717, 1.165) is 10.9 Å². The smallest absolute Gasteiger partial charge is 0.123 e. The molecule has 1 nitrogen and oxygen atoms in total. The molecule has 16 heavy (non-hydrogen) atoms. The summed E-state index contributed by atoms with van der Waals surface area (Å²) in [6.45, 7) is 0. The number of rotatable bonds is 3. The lowest BCUT2D eigenvalue weighted by atomic mass is 10.2. The summed E-state index contributed by atoms with van der Waals surface area (Å²) in [5.41, 5.74) is 2.55. The highest BCUT2D eigenvalue weighted by Crippen LogP contribution is 2.41. The molecule has 0 saturated heterocycles. The minimum absolute atomic E-state index is 0.760. The Morgan fingerprint density at radius 1 is 1.25 bits per heavy atom. The molecule has 0 atom stereocenters. The molecule has 0 radical (unpaired) electrons. The van der Waals surface area contributed by atoms with Gasteiger partial charge < -0.3 is 0 Å². The molecule has 1 aromatic carbocycles. The maximum atomic E-state index is 4.71. The summed E-state index contributed by atoms with van der Waals surface area (Å²) in [6.07, 6.45) is 4.76. The lowest BCUT2D eigenvalue weighted by Crippen LogP contribution is -1.80. The first-order chi connectivity index (χ1) is 7.86. The molecule has 0 unspecified atom stereocenters. The summed E-state index contributed by atoms with van der Waals surface area (Å²) >= 11 is 3.54. The van der Waals surface area contributed by atoms with E-state index in [1.54, 1.807) is 23.1 Å². The van der Waals surface area contributed by atoms with Gasteiger partial charge in [-0.3, -0.25) is 0 Å². The van der Waals surface area contributed by atoms with E-state index in [0.29, 0.717) is 0 Å². The van der Waals surface area contributed by atoms with Gasteiger partial charge in [0.15, 0.2) is 0 Å². The number of hydrogen-bond acceptors (Lipinski definition) is 3. The molecule has 0 bridgehead atoms. The molecular weight excluding hydrogens is 234 g/mol. The molecule has 0 N–H and O–H groups in total. The molecule has 1 aliphatic carbocycles. The molecule has 0 aliphatic heterocycles. The highest BCUT2D eigenvalue weighted by atomic mass is 32.2. The Morgan fingerprint density at radius 2 is 2.00 bits per heavy atom. The maximum Gasteiger partial charge on any atom is 0.123 e. The minimum Gasteiger partial charge on any atom is -0.241 e. The zero-order chi connectivity index (χ0) is 11.0. The molecule has 0 amide bonds. The Bertz CT molecular complexity index is 483. The van der Waals surface area contributed by atoms with Crippen molar-refractivity contribution in [2.45, 2.75) is 23.7 Å². The van der Waals surface area contributed by atoms with Crippen molar-refractivity contribution in [1.29, 1.82) is 0 Å². The number of nitrogens with zero attached hydrogens (tertiary/aromatic N) is 1. The number of aromatic nitrogens is 1. The summed E-state index contributed by atoms with van der Waals surface area (Å²) in [7, 11) is 0. The van der Waals surface area contributed by atoms with Gasteiger partial charge in [0.25, 0.3) is 0 Å². The minimum atomic E-state index is 0.760. The zero-order valence-corrected chi connectivity index (χ0v) is 10.8. The van der Waals surface area contributed by atoms with Crippen LogP contribution < -0.4 is 0 Å². The molecule has 0 spiro atoms. The summed E-state index contributed by atoms with van der Waals surface area (Å²) < 4.78 is 0. The molecular formula is C13H13NS2. The third-order valence-corrected chi connectivity index (χ3v) is 4.51. The average Bonchev–Trinajstić information content (AvgIpc) is 3.08. The lowest BCUT2D eigenvalue weighted by molar-refractivity contribution is 1.05. The first-order valence-corrected chi connectivity index (χ1v) is 7.57. The number of benzene rings is 1. The van der Waals surface area contributed by atoms with Crippen LogP contribution in [0.3, 0.4) is 0 Å². The van der Waals surface area contributed by atoms with Gasteiger partial charge in [-0.15, -0.1) is 23.1 Å². The fraction of sp³-hybridized carbons (Fsp3) is 0.308. The summed E-state index contributed by atoms with van der Waals surface area (Å²) in [5.74, 6) is 0.760. The van der Waals surface area contributed by atoms with Crippen LogP contribution in [0.5, 0.6) is 0 Å². The van der Waals surface area contributed by atoms with E-state index in [1.165, 1.54) is 29.0 Å². The Labute approximate surface area is 104 Å². The number of thiazole rings is 1. The van der Waals surface area contributed by atoms with Crippen LogP contribution in [0, 0.1) is 0 Å². The van der Waals surface area contributed by atoms with Crippen LogP contribution in [0.15, 0.2) is 34.5 Å². The van der Waals surface area contributed by atoms with E-state index in [2.05, 4.69) is 35.9 Å². The lowest BCUT2D eigenvalue weighted by Gasteiger charge is -1.98. The van der Waals surface area contributed by atoms with Gasteiger partial charge in [-0.05, 0) is 31.2 Å². The largest absolute Gasteiger partial charge is 0.241 e. The molecule has 3 rings (SSSR count). The first-order valence-electron chi connectivity index (χ1n) is 5.46. The van der Waals surface area contributed by atoms with Gasteiger partial charge in [-0.2, -0.15) is 0 Å². The first kappa shape index (κ1) is 10.4. The molecule has 2 aromatic rings. The van der Waals surface area contributed by atoms with E-state index >= 15 is 0 Å². The second-order valence-corrected chi connectivity index (χ2v) is 5.82. The average molecular weight is 247 g/mol. The van der Waals surface area contributed by atoms with Gasteiger partial charge in [-0.1, -0.05) is 12.1 Å². The number of thioether (sulfide) groups is 1. The van der Waals surface area contributed by atoms with Crippen LogP contribution in [0.4, 0.5) is 0 Å². The predicted molar refractivity (Wildman–Crippen MR) is 71.3 cm³/mol. The van der Waals surface area contributed by atoms with Crippen LogP contribution in [-0.2, 0) is 0 Å². The fourth-order valence-corrected chi connectivity index (χ4v) is 3.04. The molecule has 1 fully saturated rings. The molecule has 1 heterocycles. The van der Waals surface area contributed by atoms with E-state index in [-0.39, 0.29) is 0 Å². The molecule has 82 valence electrons. The molecule has 1 aliphatic rings. The van der Waals surface area contributed by atoms with Crippen LogP contribution in [0.1, 0.15) is 24.5 Å². The fourth-order valence-electron chi connectivity index (χ4n) is 1.72. The van der Waals surface area contributed by atoms with Gasteiger partial charge in [0.2, 0.25) is 0 Å². The Kier molecular flexibility index (Phi) is 2.74. The van der Waals surface area contributed by atoms with E-state index in [4.69, 9.17) is 4.98 Å². The second kappa shape index (κ2) is 4.22. The molecule has 1 saturated carbocycles. The van der Waals surface area contributed by atoms with Crippen molar-refractivity contribution >= 4 is 23.1 Å². The van der Waals surface area contributed by atoms with Crippen molar-refractivity contribution in [3.63, 3.8) is 0 Å². The third kappa shape index (κ3) is 2.02. The van der Waals surface area contributed by atoms with Crippen LogP contribution >= 0.6 is 23.1 Å². The topological polar surface area (TPSA) is 12.9 Å². The number of hydrogen-bond donors (Lipinski definition) is 0. The zero-order valence-electron chi connectivity index (χ0n) is 9.14. The maximum absolute atomic E-state index is 4.71. The van der Waals surface area contributed by atoms with Crippen molar-refractivity contribution in [3.05, 3.63) is 35.3 Å². The van der Waals surface area contributed by atoms with Crippen molar-refractivity contribution in [2.75, 3.05) is 6.26 Å². The van der Waals surface area contributed by atoms with E-state index in [1.807, 2.05) is 0 Å². The van der Waals surface area contributed by atoms with E-state index < -0.39 is 0 Å². The van der Waals surface area contributed by atoms with E-state index in [9.17, 15) is 0 Å². The van der Waals surface area contributed by atoms with Crippen LogP contribution in [0.2, 0.25) is 0 Å². The Hall–Kier alpha value is -0.800. The van der Waals surface area contributed by atoms with Crippen LogP contribution in [0.25, 0.3) is 10.6 Å². The van der Waals surface area contributed by atoms with Gasteiger partial charge >= 0.3 is 0 Å². The Balaban J connectivity index is 1.88. The van der Waals surface area contributed by atoms with Gasteiger partial charge in [0.1, 0.15) is 5.01 Å². The third-order valence-electron chi connectivity index (χ3n) is 2.85. The van der Waals surface area contributed by atoms with Crippen molar-refractivity contribution in [3.8, 4) is 10.6 Å². The quantitative estimate of drug-likeness (QED) is 0.745. The highest BCUT2D eigenvalue weighted by Gasteiger charge is 2.26. The summed E-state index contributed by atoms with van der Waals surface area (Å²) in [4.78, 5) is 6.02. The molecule has 1 aromatic heterocycles. The predicted octanol–water partition coefficient (Wildman–Crippen LogP) is 4.41. The van der Waals surface area contributed by atoms with Crippen LogP contribution in [-0.4, -0.2) is 11.2 Å². The standard InChI is InChI=1S/C13H13NS2/c1-15-11-6-4-10(5-7-11)13-14-12(8-16-13)9-2-3-9/h4-9H,2-3H2,1H3. The van der Waals surface area contributed by atoms with Gasteiger partial charge in [0, 0.05) is 21.8 Å². The van der Waals surface area contributed by atoms with Crippen molar-refractivity contribution in [2.24, 2.45) is 0 Å².